The Balaban J connectivity index is 1.80. The molecule has 1 aliphatic carbocycles. The van der Waals surface area contributed by atoms with Gasteiger partial charge < -0.3 is 10.2 Å². The van der Waals surface area contributed by atoms with Gasteiger partial charge in [0.15, 0.2) is 0 Å². The number of hydrogen-bond acceptors (Lipinski definition) is 2. The maximum Gasteiger partial charge on any atom is 0.224 e. The molecule has 0 aromatic heterocycles. The van der Waals surface area contributed by atoms with E-state index in [1.54, 1.807) is 0 Å². The van der Waals surface area contributed by atoms with E-state index < -0.39 is 0 Å². The number of nitrogens with one attached hydrogen (secondary N) is 1. The minimum absolute atomic E-state index is 0.334. The van der Waals surface area contributed by atoms with Crippen molar-refractivity contribution in [2.24, 2.45) is 5.92 Å². The highest BCUT2D eigenvalue weighted by Crippen LogP contribution is 2.33. The first-order valence-corrected chi connectivity index (χ1v) is 6.23. The third kappa shape index (κ3) is 1.59. The van der Waals surface area contributed by atoms with Crippen molar-refractivity contribution < 1.29 is 4.79 Å². The summed E-state index contributed by atoms with van der Waals surface area (Å²) in [5.74, 6) is 0.769. The first kappa shape index (κ1) is 10.1. The monoisotopic (exact) mass is 218 g/mol. The second-order valence-corrected chi connectivity index (χ2v) is 4.91. The van der Waals surface area contributed by atoms with E-state index in [4.69, 9.17) is 0 Å². The van der Waals surface area contributed by atoms with Crippen molar-refractivity contribution >= 4 is 5.91 Å². The SMILES string of the molecule is O=C1CC2C=CC=CC2N1C1CCNCC1. The third-order valence-electron chi connectivity index (χ3n) is 3.94. The fraction of sp³-hybridized carbons (Fsp3) is 0.615. The minimum atomic E-state index is 0.334. The highest BCUT2D eigenvalue weighted by Gasteiger charge is 2.41. The van der Waals surface area contributed by atoms with Crippen molar-refractivity contribution in [3.05, 3.63) is 24.3 Å². The van der Waals surface area contributed by atoms with Crippen molar-refractivity contribution in [1.82, 2.24) is 10.2 Å². The van der Waals surface area contributed by atoms with Crippen LogP contribution in [0.1, 0.15) is 19.3 Å². The summed E-state index contributed by atoms with van der Waals surface area (Å²) in [5.41, 5.74) is 0. The molecule has 0 spiro atoms. The van der Waals surface area contributed by atoms with Crippen LogP contribution in [-0.4, -0.2) is 36.0 Å². The summed E-state index contributed by atoms with van der Waals surface area (Å²) in [6.07, 6.45) is 11.4. The van der Waals surface area contributed by atoms with Gasteiger partial charge in [-0.1, -0.05) is 24.3 Å². The number of carbonyl (C=O) groups excluding carboxylic acids is 1. The molecule has 3 heteroatoms. The Kier molecular flexibility index (Phi) is 2.56. The fourth-order valence-electron chi connectivity index (χ4n) is 3.13. The molecular formula is C13H18N2O. The number of rotatable bonds is 1. The molecule has 0 radical (unpaired) electrons. The number of piperidine rings is 1. The van der Waals surface area contributed by atoms with Gasteiger partial charge in [0.1, 0.15) is 0 Å². The molecule has 0 aromatic rings. The average Bonchev–Trinajstić information content (AvgIpc) is 2.66. The third-order valence-corrected chi connectivity index (χ3v) is 3.94. The van der Waals surface area contributed by atoms with Crippen LogP contribution in [-0.2, 0) is 4.79 Å². The van der Waals surface area contributed by atoms with E-state index in [2.05, 4.69) is 34.5 Å². The first-order chi connectivity index (χ1) is 7.86. The maximum atomic E-state index is 12.1. The van der Waals surface area contributed by atoms with Gasteiger partial charge in [0, 0.05) is 18.4 Å². The second-order valence-electron chi connectivity index (χ2n) is 4.91. The number of likely N-dealkylation sites (tertiary alicyclic amines) is 1. The molecule has 2 unspecified atom stereocenters. The van der Waals surface area contributed by atoms with Gasteiger partial charge in [0.2, 0.25) is 5.91 Å². The quantitative estimate of drug-likeness (QED) is 0.714. The Bertz CT molecular complexity index is 342. The first-order valence-electron chi connectivity index (χ1n) is 6.23. The molecule has 1 amide bonds. The van der Waals surface area contributed by atoms with Gasteiger partial charge in [-0.05, 0) is 25.9 Å². The van der Waals surface area contributed by atoms with Gasteiger partial charge in [0.05, 0.1) is 6.04 Å². The van der Waals surface area contributed by atoms with E-state index >= 15 is 0 Å². The van der Waals surface area contributed by atoms with Gasteiger partial charge in [-0.3, -0.25) is 4.79 Å². The smallest absolute Gasteiger partial charge is 0.224 e. The van der Waals surface area contributed by atoms with E-state index in [0.29, 0.717) is 30.3 Å². The molecule has 0 bridgehead atoms. The Morgan fingerprint density at radius 3 is 2.75 bits per heavy atom. The lowest BCUT2D eigenvalue weighted by molar-refractivity contribution is -0.131. The summed E-state index contributed by atoms with van der Waals surface area (Å²) in [7, 11) is 0. The maximum absolute atomic E-state index is 12.1. The van der Waals surface area contributed by atoms with E-state index in [9.17, 15) is 4.79 Å². The zero-order valence-corrected chi connectivity index (χ0v) is 9.43. The summed E-state index contributed by atoms with van der Waals surface area (Å²) in [6, 6.07) is 0.792. The molecule has 2 aliphatic heterocycles. The van der Waals surface area contributed by atoms with E-state index in [1.165, 1.54) is 0 Å². The molecule has 86 valence electrons. The lowest BCUT2D eigenvalue weighted by Crippen LogP contribution is -2.47. The van der Waals surface area contributed by atoms with Gasteiger partial charge in [-0.15, -0.1) is 0 Å². The van der Waals surface area contributed by atoms with E-state index in [0.717, 1.165) is 25.9 Å². The number of nitrogens with zero attached hydrogens (tertiary/aromatic N) is 1. The molecule has 0 saturated carbocycles. The fourth-order valence-corrected chi connectivity index (χ4v) is 3.13. The van der Waals surface area contributed by atoms with Crippen molar-refractivity contribution in [3.63, 3.8) is 0 Å². The van der Waals surface area contributed by atoms with Crippen molar-refractivity contribution in [1.29, 1.82) is 0 Å². The number of carbonyl (C=O) groups is 1. The number of amides is 1. The standard InChI is InChI=1S/C13H18N2O/c16-13-9-10-3-1-2-4-12(10)15(13)11-5-7-14-8-6-11/h1-4,10-12,14H,5-9H2. The molecule has 3 nitrogen and oxygen atoms in total. The Labute approximate surface area is 96.2 Å². The van der Waals surface area contributed by atoms with Crippen LogP contribution in [0.25, 0.3) is 0 Å². The van der Waals surface area contributed by atoms with Crippen LogP contribution in [0.5, 0.6) is 0 Å². The molecule has 2 atom stereocenters. The molecule has 16 heavy (non-hydrogen) atoms. The highest BCUT2D eigenvalue weighted by atomic mass is 16.2. The van der Waals surface area contributed by atoms with Crippen molar-refractivity contribution in [2.75, 3.05) is 13.1 Å². The minimum Gasteiger partial charge on any atom is -0.333 e. The highest BCUT2D eigenvalue weighted by molar-refractivity contribution is 5.80. The number of allylic oxidation sites excluding steroid dienone is 2. The van der Waals surface area contributed by atoms with Crippen LogP contribution >= 0.6 is 0 Å². The van der Waals surface area contributed by atoms with Crippen molar-refractivity contribution in [2.45, 2.75) is 31.3 Å². The molecule has 2 heterocycles. The molecule has 0 aromatic carbocycles. The predicted molar refractivity (Wildman–Crippen MR) is 62.9 cm³/mol. The predicted octanol–water partition coefficient (Wildman–Crippen LogP) is 1.08. The summed E-state index contributed by atoms with van der Waals surface area (Å²) in [6.45, 7) is 2.09. The summed E-state index contributed by atoms with van der Waals surface area (Å²) >= 11 is 0. The number of fused-ring (bicyclic) bond motifs is 1. The van der Waals surface area contributed by atoms with Crippen LogP contribution in [0.3, 0.4) is 0 Å². The lowest BCUT2D eigenvalue weighted by atomic mass is 9.94. The van der Waals surface area contributed by atoms with Gasteiger partial charge in [-0.2, -0.15) is 0 Å². The average molecular weight is 218 g/mol. The van der Waals surface area contributed by atoms with Crippen molar-refractivity contribution in [3.8, 4) is 0 Å². The molecule has 2 fully saturated rings. The second kappa shape index (κ2) is 4.06. The number of hydrogen-bond donors (Lipinski definition) is 1. The molecule has 3 rings (SSSR count). The largest absolute Gasteiger partial charge is 0.333 e. The zero-order valence-electron chi connectivity index (χ0n) is 9.43. The van der Waals surface area contributed by atoms with E-state index in [-0.39, 0.29) is 0 Å². The molecule has 2 saturated heterocycles. The molecule has 3 aliphatic rings. The zero-order chi connectivity index (χ0) is 11.0. The van der Waals surface area contributed by atoms with Crippen LogP contribution in [0.4, 0.5) is 0 Å². The Hall–Kier alpha value is -1.09. The van der Waals surface area contributed by atoms with Gasteiger partial charge >= 0.3 is 0 Å². The van der Waals surface area contributed by atoms with Gasteiger partial charge in [-0.25, -0.2) is 0 Å². The molecular weight excluding hydrogens is 200 g/mol. The topological polar surface area (TPSA) is 32.3 Å². The summed E-state index contributed by atoms with van der Waals surface area (Å²) in [5, 5.41) is 3.36. The van der Waals surface area contributed by atoms with Gasteiger partial charge in [0.25, 0.3) is 0 Å². The summed E-state index contributed by atoms with van der Waals surface area (Å²) < 4.78 is 0. The van der Waals surface area contributed by atoms with E-state index in [1.807, 2.05) is 0 Å². The molecule has 1 N–H and O–H groups in total. The van der Waals surface area contributed by atoms with Crippen LogP contribution in [0, 0.1) is 5.92 Å². The lowest BCUT2D eigenvalue weighted by Gasteiger charge is -2.36. The Morgan fingerprint density at radius 1 is 1.19 bits per heavy atom. The van der Waals surface area contributed by atoms with Crippen LogP contribution in [0.2, 0.25) is 0 Å². The summed E-state index contributed by atoms with van der Waals surface area (Å²) in [4.78, 5) is 14.2. The van der Waals surface area contributed by atoms with Crippen LogP contribution in [0.15, 0.2) is 24.3 Å². The van der Waals surface area contributed by atoms with Crippen LogP contribution < -0.4 is 5.32 Å². The normalized spacial score (nSPS) is 34.5. The Morgan fingerprint density at radius 2 is 1.94 bits per heavy atom.